The minimum absolute atomic E-state index is 0.0450. The maximum atomic E-state index is 12.8. The molecule has 2 rings (SSSR count). The van der Waals surface area contributed by atoms with Crippen molar-refractivity contribution < 1.29 is 33.0 Å². The largest absolute Gasteiger partial charge is 0.479 e. The van der Waals surface area contributed by atoms with E-state index in [1.54, 1.807) is 0 Å². The van der Waals surface area contributed by atoms with Crippen LogP contribution < -0.4 is 5.32 Å². The highest BCUT2D eigenvalue weighted by Crippen LogP contribution is 2.30. The molecule has 1 unspecified atom stereocenters. The van der Waals surface area contributed by atoms with Gasteiger partial charge in [0.25, 0.3) is 5.91 Å². The van der Waals surface area contributed by atoms with Crippen LogP contribution in [0.15, 0.2) is 30.5 Å². The van der Waals surface area contributed by atoms with Crippen LogP contribution in [0.25, 0.3) is 5.69 Å². The van der Waals surface area contributed by atoms with Crippen molar-refractivity contribution in [1.82, 2.24) is 15.1 Å². The van der Waals surface area contributed by atoms with Gasteiger partial charge in [-0.1, -0.05) is 6.07 Å². The van der Waals surface area contributed by atoms with Crippen molar-refractivity contribution >= 4 is 11.9 Å². The molecule has 0 aliphatic heterocycles. The van der Waals surface area contributed by atoms with E-state index in [9.17, 15) is 27.9 Å². The van der Waals surface area contributed by atoms with Crippen LogP contribution in [0.4, 0.5) is 13.2 Å². The molecule has 0 radical (unpaired) electrons. The molecule has 0 aliphatic carbocycles. The van der Waals surface area contributed by atoms with Crippen molar-refractivity contribution in [3.63, 3.8) is 0 Å². The first-order valence-corrected chi connectivity index (χ1v) is 7.39. The number of amides is 1. The van der Waals surface area contributed by atoms with E-state index in [0.717, 1.165) is 25.3 Å². The van der Waals surface area contributed by atoms with Gasteiger partial charge in [-0.25, -0.2) is 9.48 Å². The summed E-state index contributed by atoms with van der Waals surface area (Å²) in [6.45, 7) is 1.96. The van der Waals surface area contributed by atoms with E-state index in [0.29, 0.717) is 0 Å². The monoisotopic (exact) mass is 371 g/mol. The Morgan fingerprint density at radius 2 is 1.96 bits per heavy atom. The zero-order valence-electron chi connectivity index (χ0n) is 13.8. The third-order valence-electron chi connectivity index (χ3n) is 3.73. The van der Waals surface area contributed by atoms with Crippen molar-refractivity contribution in [2.75, 3.05) is 6.54 Å². The number of rotatable bonds is 5. The number of nitrogens with one attached hydrogen (secondary N) is 1. The van der Waals surface area contributed by atoms with Gasteiger partial charge in [-0.3, -0.25) is 4.79 Å². The zero-order valence-corrected chi connectivity index (χ0v) is 13.8. The van der Waals surface area contributed by atoms with Crippen LogP contribution in [0.1, 0.15) is 28.5 Å². The molecule has 0 aliphatic rings. The number of carbonyl (C=O) groups is 2. The summed E-state index contributed by atoms with van der Waals surface area (Å²) in [6, 6.07) is 4.45. The van der Waals surface area contributed by atoms with Crippen LogP contribution in [0.3, 0.4) is 0 Å². The molecule has 1 aromatic carbocycles. The zero-order chi connectivity index (χ0) is 19.7. The van der Waals surface area contributed by atoms with E-state index in [1.807, 2.05) is 0 Å². The maximum Gasteiger partial charge on any atom is 0.416 e. The van der Waals surface area contributed by atoms with Gasteiger partial charge in [0, 0.05) is 0 Å². The molecule has 0 spiro atoms. The molecule has 1 amide bonds. The molecule has 26 heavy (non-hydrogen) atoms. The van der Waals surface area contributed by atoms with Crippen LogP contribution in [0.5, 0.6) is 0 Å². The van der Waals surface area contributed by atoms with Crippen LogP contribution in [0, 0.1) is 6.92 Å². The van der Waals surface area contributed by atoms with Gasteiger partial charge in [-0.2, -0.15) is 18.3 Å². The van der Waals surface area contributed by atoms with Crippen molar-refractivity contribution in [2.45, 2.75) is 25.6 Å². The molecule has 0 bridgehead atoms. The first kappa shape index (κ1) is 19.4. The van der Waals surface area contributed by atoms with E-state index >= 15 is 0 Å². The highest BCUT2D eigenvalue weighted by Gasteiger charge is 2.32. The molecule has 10 heteroatoms. The Hall–Kier alpha value is -2.88. The fourth-order valence-electron chi connectivity index (χ4n) is 2.13. The summed E-state index contributed by atoms with van der Waals surface area (Å²) in [6.07, 6.45) is -3.36. The standard InChI is InChI=1S/C16H16F3N3O4/c1-9-12(13(23)20-8-15(2,26)14(24)25)7-21-22(9)11-5-3-4-10(6-11)16(17,18)19/h3-7,26H,8H2,1-2H3,(H,20,23)(H,24,25). The number of aromatic nitrogens is 2. The van der Waals surface area contributed by atoms with Crippen LogP contribution in [-0.2, 0) is 11.0 Å². The number of carboxylic acids is 1. The van der Waals surface area contributed by atoms with E-state index in [2.05, 4.69) is 10.4 Å². The number of carbonyl (C=O) groups excluding carboxylic acids is 1. The van der Waals surface area contributed by atoms with Gasteiger partial charge in [0.1, 0.15) is 0 Å². The summed E-state index contributed by atoms with van der Waals surface area (Å²) >= 11 is 0. The number of aliphatic carboxylic acids is 1. The quantitative estimate of drug-likeness (QED) is 0.743. The van der Waals surface area contributed by atoms with Crippen molar-refractivity contribution in [3.8, 4) is 5.69 Å². The lowest BCUT2D eigenvalue weighted by Gasteiger charge is -2.18. The van der Waals surface area contributed by atoms with E-state index in [1.165, 1.54) is 23.7 Å². The number of carboxylic acid groups (broad SMARTS) is 1. The van der Waals surface area contributed by atoms with E-state index in [4.69, 9.17) is 5.11 Å². The number of alkyl halides is 3. The lowest BCUT2D eigenvalue weighted by atomic mass is 10.1. The summed E-state index contributed by atoms with van der Waals surface area (Å²) in [7, 11) is 0. The van der Waals surface area contributed by atoms with Crippen molar-refractivity contribution in [1.29, 1.82) is 0 Å². The molecular formula is C16H16F3N3O4. The maximum absolute atomic E-state index is 12.8. The lowest BCUT2D eigenvalue weighted by Crippen LogP contribution is -2.46. The fourth-order valence-corrected chi connectivity index (χ4v) is 2.13. The summed E-state index contributed by atoms with van der Waals surface area (Å²) in [5.41, 5.74) is -2.58. The number of nitrogens with zero attached hydrogens (tertiary/aromatic N) is 2. The molecule has 7 nitrogen and oxygen atoms in total. The molecule has 1 heterocycles. The fraction of sp³-hybridized carbons (Fsp3) is 0.312. The predicted octanol–water partition coefficient (Wildman–Crippen LogP) is 1.76. The lowest BCUT2D eigenvalue weighted by molar-refractivity contribution is -0.155. The molecule has 0 saturated heterocycles. The molecule has 0 fully saturated rings. The third kappa shape index (κ3) is 4.02. The molecule has 0 saturated carbocycles. The number of halogens is 3. The third-order valence-corrected chi connectivity index (χ3v) is 3.73. The van der Waals surface area contributed by atoms with Gasteiger partial charge in [0.05, 0.1) is 35.2 Å². The smallest absolute Gasteiger partial charge is 0.416 e. The minimum atomic E-state index is -4.51. The SMILES string of the molecule is Cc1c(C(=O)NCC(C)(O)C(=O)O)cnn1-c1cccc(C(F)(F)F)c1. The van der Waals surface area contributed by atoms with Gasteiger partial charge < -0.3 is 15.5 Å². The second kappa shape index (κ2) is 6.79. The first-order chi connectivity index (χ1) is 11.9. The number of hydrogen-bond acceptors (Lipinski definition) is 4. The summed E-state index contributed by atoms with van der Waals surface area (Å²) in [5, 5.41) is 24.6. The highest BCUT2D eigenvalue weighted by atomic mass is 19.4. The van der Waals surface area contributed by atoms with E-state index < -0.39 is 35.8 Å². The normalized spacial score (nSPS) is 13.9. The minimum Gasteiger partial charge on any atom is -0.479 e. The number of benzene rings is 1. The average molecular weight is 371 g/mol. The van der Waals surface area contributed by atoms with Crippen LogP contribution in [0.2, 0.25) is 0 Å². The van der Waals surface area contributed by atoms with Crippen molar-refractivity contribution in [3.05, 3.63) is 47.3 Å². The summed E-state index contributed by atoms with van der Waals surface area (Å²) in [5.74, 6) is -2.21. The van der Waals surface area contributed by atoms with Crippen LogP contribution in [-0.4, -0.2) is 44.0 Å². The van der Waals surface area contributed by atoms with Gasteiger partial charge >= 0.3 is 12.1 Å². The average Bonchev–Trinajstić information content (AvgIpc) is 2.93. The Kier molecular flexibility index (Phi) is 5.08. The molecule has 1 atom stereocenters. The van der Waals surface area contributed by atoms with Gasteiger partial charge in [0.2, 0.25) is 0 Å². The molecule has 3 N–H and O–H groups in total. The molecule has 2 aromatic rings. The molecule has 1 aromatic heterocycles. The van der Waals surface area contributed by atoms with E-state index in [-0.39, 0.29) is 16.9 Å². The Morgan fingerprint density at radius 3 is 2.54 bits per heavy atom. The van der Waals surface area contributed by atoms with Gasteiger partial charge in [0.15, 0.2) is 5.60 Å². The Bertz CT molecular complexity index is 844. The Balaban J connectivity index is 2.25. The summed E-state index contributed by atoms with van der Waals surface area (Å²) < 4.78 is 39.7. The Labute approximate surface area is 146 Å². The second-order valence-electron chi connectivity index (χ2n) is 5.87. The second-order valence-corrected chi connectivity index (χ2v) is 5.87. The summed E-state index contributed by atoms with van der Waals surface area (Å²) in [4.78, 5) is 23.0. The molecular weight excluding hydrogens is 355 g/mol. The van der Waals surface area contributed by atoms with Crippen LogP contribution >= 0.6 is 0 Å². The van der Waals surface area contributed by atoms with Gasteiger partial charge in [-0.15, -0.1) is 0 Å². The molecule has 140 valence electrons. The highest BCUT2D eigenvalue weighted by molar-refractivity contribution is 5.95. The number of aliphatic hydroxyl groups is 1. The topological polar surface area (TPSA) is 104 Å². The first-order valence-electron chi connectivity index (χ1n) is 7.39. The van der Waals surface area contributed by atoms with Crippen molar-refractivity contribution in [2.24, 2.45) is 0 Å². The van der Waals surface area contributed by atoms with Gasteiger partial charge in [-0.05, 0) is 32.0 Å². The Morgan fingerprint density at radius 1 is 1.31 bits per heavy atom. The predicted molar refractivity (Wildman–Crippen MR) is 83.9 cm³/mol. The number of hydrogen-bond donors (Lipinski definition) is 3.